The average molecular weight is 261 g/mol. The van der Waals surface area contributed by atoms with E-state index in [1.807, 2.05) is 11.4 Å². The van der Waals surface area contributed by atoms with Gasteiger partial charge in [0.05, 0.1) is 12.0 Å². The molecule has 2 nitrogen and oxygen atoms in total. The minimum Gasteiger partial charge on any atom is -0.496 e. The summed E-state index contributed by atoms with van der Waals surface area (Å²) in [7, 11) is 1.69. The van der Waals surface area contributed by atoms with E-state index in [0.29, 0.717) is 0 Å². The molecule has 1 aromatic carbocycles. The highest BCUT2D eigenvalue weighted by molar-refractivity contribution is 7.10. The van der Waals surface area contributed by atoms with Gasteiger partial charge in [-0.3, -0.25) is 0 Å². The van der Waals surface area contributed by atoms with Gasteiger partial charge in [-0.05, 0) is 35.4 Å². The second-order valence-corrected chi connectivity index (χ2v) is 5.28. The van der Waals surface area contributed by atoms with E-state index < -0.39 is 0 Å². The number of aryl methyl sites for hydroxylation is 1. The van der Waals surface area contributed by atoms with Gasteiger partial charge in [-0.15, -0.1) is 11.3 Å². The number of rotatable bonds is 5. The van der Waals surface area contributed by atoms with Gasteiger partial charge >= 0.3 is 0 Å². The molecule has 1 atom stereocenters. The summed E-state index contributed by atoms with van der Waals surface area (Å²) in [6.45, 7) is 2.16. The maximum atomic E-state index is 6.25. The Morgan fingerprint density at radius 3 is 2.44 bits per heavy atom. The highest BCUT2D eigenvalue weighted by atomic mass is 32.1. The highest BCUT2D eigenvalue weighted by Crippen LogP contribution is 2.31. The van der Waals surface area contributed by atoms with Crippen LogP contribution in [0.1, 0.15) is 29.0 Å². The van der Waals surface area contributed by atoms with Gasteiger partial charge < -0.3 is 10.5 Å². The molecule has 0 aliphatic rings. The third-order valence-electron chi connectivity index (χ3n) is 3.10. The molecule has 2 aromatic rings. The monoisotopic (exact) mass is 261 g/mol. The van der Waals surface area contributed by atoms with E-state index in [1.165, 1.54) is 11.1 Å². The van der Waals surface area contributed by atoms with Crippen LogP contribution in [0, 0.1) is 0 Å². The van der Waals surface area contributed by atoms with Crippen molar-refractivity contribution in [2.75, 3.05) is 7.11 Å². The van der Waals surface area contributed by atoms with Crippen molar-refractivity contribution in [3.05, 3.63) is 51.7 Å². The zero-order valence-electron chi connectivity index (χ0n) is 10.8. The Labute approximate surface area is 112 Å². The molecule has 0 bridgehead atoms. The Bertz CT molecular complexity index is 489. The normalized spacial score (nSPS) is 12.4. The number of methoxy groups -OCH3 is 1. The zero-order chi connectivity index (χ0) is 13.0. The molecule has 1 unspecified atom stereocenters. The fourth-order valence-corrected chi connectivity index (χ4v) is 2.87. The van der Waals surface area contributed by atoms with Gasteiger partial charge in [-0.1, -0.05) is 31.2 Å². The summed E-state index contributed by atoms with van der Waals surface area (Å²) >= 11 is 1.66. The SMILES string of the molecule is CCc1ccc(CC(N)c2sccc2OC)cc1. The van der Waals surface area contributed by atoms with Gasteiger partial charge in [0.2, 0.25) is 0 Å². The Morgan fingerprint density at radius 2 is 1.83 bits per heavy atom. The predicted octanol–water partition coefficient (Wildman–Crippen LogP) is 3.56. The lowest BCUT2D eigenvalue weighted by atomic mass is 10.0. The van der Waals surface area contributed by atoms with E-state index in [0.717, 1.165) is 23.5 Å². The van der Waals surface area contributed by atoms with E-state index in [-0.39, 0.29) is 6.04 Å². The number of hydrogen-bond acceptors (Lipinski definition) is 3. The van der Waals surface area contributed by atoms with Crippen LogP contribution in [0.3, 0.4) is 0 Å². The third-order valence-corrected chi connectivity index (χ3v) is 4.13. The van der Waals surface area contributed by atoms with Gasteiger partial charge in [-0.25, -0.2) is 0 Å². The summed E-state index contributed by atoms with van der Waals surface area (Å²) in [4.78, 5) is 1.12. The largest absolute Gasteiger partial charge is 0.496 e. The van der Waals surface area contributed by atoms with E-state index in [4.69, 9.17) is 10.5 Å². The molecule has 3 heteroatoms. The lowest BCUT2D eigenvalue weighted by molar-refractivity contribution is 0.409. The molecule has 18 heavy (non-hydrogen) atoms. The second kappa shape index (κ2) is 6.03. The number of thiophene rings is 1. The van der Waals surface area contributed by atoms with E-state index in [9.17, 15) is 0 Å². The van der Waals surface area contributed by atoms with Crippen LogP contribution in [0.4, 0.5) is 0 Å². The van der Waals surface area contributed by atoms with Crippen LogP contribution in [0.25, 0.3) is 0 Å². The smallest absolute Gasteiger partial charge is 0.134 e. The maximum Gasteiger partial charge on any atom is 0.134 e. The molecule has 0 radical (unpaired) electrons. The van der Waals surface area contributed by atoms with Crippen molar-refractivity contribution in [3.8, 4) is 5.75 Å². The number of ether oxygens (including phenoxy) is 1. The molecule has 0 aliphatic heterocycles. The molecule has 0 saturated heterocycles. The second-order valence-electron chi connectivity index (χ2n) is 4.33. The van der Waals surface area contributed by atoms with Crippen LogP contribution in [-0.4, -0.2) is 7.11 Å². The Balaban J connectivity index is 2.08. The zero-order valence-corrected chi connectivity index (χ0v) is 11.7. The van der Waals surface area contributed by atoms with Crippen LogP contribution in [0.5, 0.6) is 5.75 Å². The van der Waals surface area contributed by atoms with Crippen molar-refractivity contribution >= 4 is 11.3 Å². The summed E-state index contributed by atoms with van der Waals surface area (Å²) in [5.41, 5.74) is 8.88. The molecule has 0 aliphatic carbocycles. The first-order valence-electron chi connectivity index (χ1n) is 6.19. The van der Waals surface area contributed by atoms with E-state index in [2.05, 4.69) is 31.2 Å². The summed E-state index contributed by atoms with van der Waals surface area (Å²) in [6.07, 6.45) is 1.92. The minimum atomic E-state index is 0.00688. The lowest BCUT2D eigenvalue weighted by Gasteiger charge is -2.12. The first-order chi connectivity index (χ1) is 8.74. The third kappa shape index (κ3) is 2.92. The fourth-order valence-electron chi connectivity index (χ4n) is 2.01. The minimum absolute atomic E-state index is 0.00688. The summed E-state index contributed by atoms with van der Waals surface area (Å²) in [6, 6.07) is 10.7. The van der Waals surface area contributed by atoms with Crippen LogP contribution >= 0.6 is 11.3 Å². The molecule has 0 saturated carbocycles. The van der Waals surface area contributed by atoms with Gasteiger partial charge in [0, 0.05) is 6.04 Å². The van der Waals surface area contributed by atoms with Gasteiger partial charge in [0.1, 0.15) is 5.75 Å². The molecular formula is C15H19NOS. The van der Waals surface area contributed by atoms with Gasteiger partial charge in [0.15, 0.2) is 0 Å². The van der Waals surface area contributed by atoms with Gasteiger partial charge in [-0.2, -0.15) is 0 Å². The van der Waals surface area contributed by atoms with Gasteiger partial charge in [0.25, 0.3) is 0 Å². The quantitative estimate of drug-likeness (QED) is 0.893. The van der Waals surface area contributed by atoms with Crippen molar-refractivity contribution in [3.63, 3.8) is 0 Å². The van der Waals surface area contributed by atoms with E-state index >= 15 is 0 Å². The van der Waals surface area contributed by atoms with Crippen molar-refractivity contribution in [1.82, 2.24) is 0 Å². The number of hydrogen-bond donors (Lipinski definition) is 1. The molecule has 1 aromatic heterocycles. The molecule has 0 fully saturated rings. The van der Waals surface area contributed by atoms with Crippen molar-refractivity contribution < 1.29 is 4.74 Å². The number of benzene rings is 1. The average Bonchev–Trinajstić information content (AvgIpc) is 2.88. The van der Waals surface area contributed by atoms with Crippen LogP contribution < -0.4 is 10.5 Å². The summed E-state index contributed by atoms with van der Waals surface area (Å²) in [5, 5.41) is 2.02. The fraction of sp³-hybridized carbons (Fsp3) is 0.333. The summed E-state index contributed by atoms with van der Waals surface area (Å²) < 4.78 is 5.31. The Morgan fingerprint density at radius 1 is 1.17 bits per heavy atom. The number of nitrogens with two attached hydrogens (primary N) is 1. The van der Waals surface area contributed by atoms with Crippen molar-refractivity contribution in [2.24, 2.45) is 5.73 Å². The van der Waals surface area contributed by atoms with Crippen LogP contribution in [0.2, 0.25) is 0 Å². The first-order valence-corrected chi connectivity index (χ1v) is 7.07. The van der Waals surface area contributed by atoms with Crippen molar-refractivity contribution in [2.45, 2.75) is 25.8 Å². The predicted molar refractivity (Wildman–Crippen MR) is 77.3 cm³/mol. The molecule has 0 amide bonds. The molecular weight excluding hydrogens is 242 g/mol. The molecule has 1 heterocycles. The lowest BCUT2D eigenvalue weighted by Crippen LogP contribution is -2.12. The standard InChI is InChI=1S/C15H19NOS/c1-3-11-4-6-12(7-5-11)10-13(16)15-14(17-2)8-9-18-15/h4-9,13H,3,10,16H2,1-2H3. The maximum absolute atomic E-state index is 6.25. The van der Waals surface area contributed by atoms with E-state index in [1.54, 1.807) is 18.4 Å². The highest BCUT2D eigenvalue weighted by Gasteiger charge is 2.13. The first kappa shape index (κ1) is 13.1. The molecule has 2 rings (SSSR count). The summed E-state index contributed by atoms with van der Waals surface area (Å²) in [5.74, 6) is 0.901. The van der Waals surface area contributed by atoms with Crippen LogP contribution in [-0.2, 0) is 12.8 Å². The topological polar surface area (TPSA) is 35.2 Å². The molecule has 0 spiro atoms. The van der Waals surface area contributed by atoms with Crippen molar-refractivity contribution in [1.29, 1.82) is 0 Å². The molecule has 2 N–H and O–H groups in total. The Hall–Kier alpha value is -1.32. The van der Waals surface area contributed by atoms with Crippen LogP contribution in [0.15, 0.2) is 35.7 Å². The molecule has 96 valence electrons. The Kier molecular flexibility index (Phi) is 4.39.